The number of amides is 1. The molecule has 0 unspecified atom stereocenters. The second-order valence-corrected chi connectivity index (χ2v) is 9.10. The molecule has 0 bridgehead atoms. The van der Waals surface area contributed by atoms with Gasteiger partial charge < -0.3 is 4.90 Å². The summed E-state index contributed by atoms with van der Waals surface area (Å²) < 4.78 is 1.85. The standard InChI is InChI=1S/C23H25N3OS/c1-25-14-18(13-24-25)20-16-26(15-17-7-2-3-8-19(17)20)22(27)23(10-4-5-11-23)21-9-6-12-28-21/h2-3,6-9,12-14,20H,4-5,10-11,15-16H2,1H3/t20-/m0/s1. The summed E-state index contributed by atoms with van der Waals surface area (Å²) in [4.78, 5) is 17.3. The maximum atomic E-state index is 13.9. The van der Waals surface area contributed by atoms with Crippen molar-refractivity contribution >= 4 is 17.2 Å². The van der Waals surface area contributed by atoms with Crippen LogP contribution in [0.3, 0.4) is 0 Å². The summed E-state index contributed by atoms with van der Waals surface area (Å²) in [5, 5.41) is 6.49. The molecule has 144 valence electrons. The molecule has 5 heteroatoms. The van der Waals surface area contributed by atoms with Crippen LogP contribution >= 0.6 is 11.3 Å². The number of carbonyl (C=O) groups is 1. The summed E-state index contributed by atoms with van der Waals surface area (Å²) in [6.45, 7) is 1.44. The van der Waals surface area contributed by atoms with Crippen LogP contribution in [0.15, 0.2) is 54.2 Å². The van der Waals surface area contributed by atoms with Gasteiger partial charge in [-0.2, -0.15) is 5.10 Å². The molecule has 0 radical (unpaired) electrons. The zero-order valence-corrected chi connectivity index (χ0v) is 17.0. The zero-order chi connectivity index (χ0) is 19.1. The fourth-order valence-electron chi connectivity index (χ4n) is 5.06. The van der Waals surface area contributed by atoms with Crippen molar-refractivity contribution in [1.29, 1.82) is 0 Å². The van der Waals surface area contributed by atoms with Gasteiger partial charge in [0.05, 0.1) is 11.6 Å². The lowest BCUT2D eigenvalue weighted by Gasteiger charge is -2.39. The number of hydrogen-bond acceptors (Lipinski definition) is 3. The van der Waals surface area contributed by atoms with Crippen molar-refractivity contribution in [3.63, 3.8) is 0 Å². The van der Waals surface area contributed by atoms with Gasteiger partial charge in [0.1, 0.15) is 0 Å². The van der Waals surface area contributed by atoms with Gasteiger partial charge in [-0.25, -0.2) is 0 Å². The van der Waals surface area contributed by atoms with Crippen molar-refractivity contribution in [2.75, 3.05) is 6.54 Å². The van der Waals surface area contributed by atoms with E-state index in [1.54, 1.807) is 11.3 Å². The van der Waals surface area contributed by atoms with Crippen LogP contribution in [0, 0.1) is 0 Å². The largest absolute Gasteiger partial charge is 0.337 e. The Bertz CT molecular complexity index is 985. The zero-order valence-electron chi connectivity index (χ0n) is 16.2. The monoisotopic (exact) mass is 391 g/mol. The fourth-order valence-corrected chi connectivity index (χ4v) is 6.04. The third-order valence-corrected chi connectivity index (χ3v) is 7.54. The molecule has 1 fully saturated rings. The van der Waals surface area contributed by atoms with Gasteiger partial charge in [0.15, 0.2) is 0 Å². The van der Waals surface area contributed by atoms with Gasteiger partial charge in [-0.3, -0.25) is 9.48 Å². The van der Waals surface area contributed by atoms with Crippen molar-refractivity contribution in [2.24, 2.45) is 7.05 Å². The molecule has 1 amide bonds. The van der Waals surface area contributed by atoms with Crippen molar-refractivity contribution in [3.8, 4) is 0 Å². The highest BCUT2D eigenvalue weighted by atomic mass is 32.1. The molecule has 0 N–H and O–H groups in total. The maximum absolute atomic E-state index is 13.9. The van der Waals surface area contributed by atoms with Crippen LogP contribution in [0.2, 0.25) is 0 Å². The number of hydrogen-bond donors (Lipinski definition) is 0. The molecule has 1 aromatic carbocycles. The summed E-state index contributed by atoms with van der Waals surface area (Å²) in [5.74, 6) is 0.500. The normalized spacial score (nSPS) is 20.9. The first-order valence-corrected chi connectivity index (χ1v) is 10.9. The lowest BCUT2D eigenvalue weighted by Crippen LogP contribution is -2.48. The second kappa shape index (κ2) is 6.89. The third-order valence-electron chi connectivity index (χ3n) is 6.47. The average Bonchev–Trinajstić information content (AvgIpc) is 3.48. The second-order valence-electron chi connectivity index (χ2n) is 8.15. The van der Waals surface area contributed by atoms with E-state index in [0.29, 0.717) is 12.5 Å². The smallest absolute Gasteiger partial charge is 0.234 e. The van der Waals surface area contributed by atoms with E-state index in [1.165, 1.54) is 21.6 Å². The number of fused-ring (bicyclic) bond motifs is 1. The molecule has 1 aliphatic heterocycles. The molecule has 0 spiro atoms. The van der Waals surface area contributed by atoms with E-state index in [-0.39, 0.29) is 11.3 Å². The lowest BCUT2D eigenvalue weighted by molar-refractivity contribution is -0.138. The molecule has 0 saturated heterocycles. The van der Waals surface area contributed by atoms with E-state index in [1.807, 2.05) is 17.9 Å². The van der Waals surface area contributed by atoms with E-state index in [4.69, 9.17) is 0 Å². The Morgan fingerprint density at radius 1 is 1.18 bits per heavy atom. The number of benzene rings is 1. The molecule has 2 aliphatic rings. The molecule has 1 aliphatic carbocycles. The van der Waals surface area contributed by atoms with Crippen LogP contribution in [0.1, 0.15) is 53.2 Å². The van der Waals surface area contributed by atoms with E-state index in [0.717, 1.165) is 32.2 Å². The molecule has 3 heterocycles. The van der Waals surface area contributed by atoms with Gasteiger partial charge in [-0.1, -0.05) is 43.2 Å². The first-order chi connectivity index (χ1) is 13.7. The van der Waals surface area contributed by atoms with Gasteiger partial charge in [-0.05, 0) is 41.0 Å². The summed E-state index contributed by atoms with van der Waals surface area (Å²) in [6, 6.07) is 12.8. The number of aryl methyl sites for hydroxylation is 1. The average molecular weight is 392 g/mol. The number of aromatic nitrogens is 2. The van der Waals surface area contributed by atoms with Gasteiger partial charge in [0, 0.05) is 37.1 Å². The fraction of sp³-hybridized carbons (Fsp3) is 0.391. The number of nitrogens with zero attached hydrogens (tertiary/aromatic N) is 3. The minimum Gasteiger partial charge on any atom is -0.337 e. The third kappa shape index (κ3) is 2.80. The Hall–Kier alpha value is -2.40. The van der Waals surface area contributed by atoms with E-state index < -0.39 is 0 Å². The minimum atomic E-state index is -0.320. The minimum absolute atomic E-state index is 0.185. The SMILES string of the molecule is Cn1cc([C@@H]2CN(C(=O)C3(c4cccs4)CCCC3)Cc3ccccc32)cn1. The highest BCUT2D eigenvalue weighted by Crippen LogP contribution is 2.46. The maximum Gasteiger partial charge on any atom is 0.234 e. The Kier molecular flexibility index (Phi) is 4.35. The van der Waals surface area contributed by atoms with Gasteiger partial charge >= 0.3 is 0 Å². The highest BCUT2D eigenvalue weighted by molar-refractivity contribution is 7.10. The Labute approximate surface area is 169 Å². The van der Waals surface area contributed by atoms with E-state index in [9.17, 15) is 4.79 Å². The van der Waals surface area contributed by atoms with Crippen LogP contribution in [0.5, 0.6) is 0 Å². The molecule has 28 heavy (non-hydrogen) atoms. The van der Waals surface area contributed by atoms with Crippen molar-refractivity contribution in [1.82, 2.24) is 14.7 Å². The molecule has 2 aromatic heterocycles. The van der Waals surface area contributed by atoms with E-state index >= 15 is 0 Å². The molecule has 3 aromatic rings. The lowest BCUT2D eigenvalue weighted by atomic mass is 9.80. The summed E-state index contributed by atoms with van der Waals surface area (Å²) >= 11 is 1.74. The summed E-state index contributed by atoms with van der Waals surface area (Å²) in [5.41, 5.74) is 3.45. The van der Waals surface area contributed by atoms with Gasteiger partial charge in [-0.15, -0.1) is 11.3 Å². The van der Waals surface area contributed by atoms with Gasteiger partial charge in [0.25, 0.3) is 0 Å². The van der Waals surface area contributed by atoms with Crippen LogP contribution in [-0.2, 0) is 23.8 Å². The highest BCUT2D eigenvalue weighted by Gasteiger charge is 2.47. The summed E-state index contributed by atoms with van der Waals surface area (Å²) in [6.07, 6.45) is 8.25. The Morgan fingerprint density at radius 2 is 2.00 bits per heavy atom. The van der Waals surface area contributed by atoms with Crippen LogP contribution in [0.25, 0.3) is 0 Å². The first kappa shape index (κ1) is 17.7. The first-order valence-electron chi connectivity index (χ1n) is 10.1. The Morgan fingerprint density at radius 3 is 2.71 bits per heavy atom. The predicted molar refractivity (Wildman–Crippen MR) is 111 cm³/mol. The van der Waals surface area contributed by atoms with Gasteiger partial charge in [0.2, 0.25) is 5.91 Å². The number of thiophene rings is 1. The van der Waals surface area contributed by atoms with Crippen LogP contribution in [-0.4, -0.2) is 27.1 Å². The van der Waals surface area contributed by atoms with E-state index in [2.05, 4.69) is 58.0 Å². The van der Waals surface area contributed by atoms with Crippen LogP contribution < -0.4 is 0 Å². The number of carbonyl (C=O) groups excluding carboxylic acids is 1. The van der Waals surface area contributed by atoms with Crippen molar-refractivity contribution in [3.05, 3.63) is 75.7 Å². The molecule has 1 atom stereocenters. The molecular formula is C23H25N3OS. The molecule has 4 nitrogen and oxygen atoms in total. The van der Waals surface area contributed by atoms with Crippen LogP contribution in [0.4, 0.5) is 0 Å². The predicted octanol–water partition coefficient (Wildman–Crippen LogP) is 4.47. The Balaban J connectivity index is 1.53. The topological polar surface area (TPSA) is 38.1 Å². The quantitative estimate of drug-likeness (QED) is 0.661. The molecule has 5 rings (SSSR count). The summed E-state index contributed by atoms with van der Waals surface area (Å²) in [7, 11) is 1.95. The molecule has 1 saturated carbocycles. The number of rotatable bonds is 3. The molecular weight excluding hydrogens is 366 g/mol. The van der Waals surface area contributed by atoms with Crippen molar-refractivity contribution < 1.29 is 4.79 Å². The van der Waals surface area contributed by atoms with Crippen molar-refractivity contribution in [2.45, 2.75) is 43.6 Å².